The Balaban J connectivity index is 2.35. The summed E-state index contributed by atoms with van der Waals surface area (Å²) in [5, 5.41) is 16.3. The molecule has 3 rings (SSSR count). The molecule has 1 aliphatic carbocycles. The van der Waals surface area contributed by atoms with Gasteiger partial charge in [0.15, 0.2) is 0 Å². The van der Waals surface area contributed by atoms with Crippen molar-refractivity contribution in [2.45, 2.75) is 6.42 Å². The molecule has 4 nitrogen and oxygen atoms in total. The first-order valence-corrected chi connectivity index (χ1v) is 5.15. The summed E-state index contributed by atoms with van der Waals surface area (Å²) >= 11 is 0. The smallest absolute Gasteiger partial charge is 0.250 e. The van der Waals surface area contributed by atoms with Gasteiger partial charge in [-0.3, -0.25) is 10.1 Å². The van der Waals surface area contributed by atoms with Crippen molar-refractivity contribution in [3.63, 3.8) is 0 Å². The fourth-order valence-electron chi connectivity index (χ4n) is 2.33. The SMILES string of the molecule is O=[N+]([O-])C1=CC2=c3c(cccc3=CNC2)C1. The van der Waals surface area contributed by atoms with Crippen molar-refractivity contribution < 1.29 is 4.92 Å². The summed E-state index contributed by atoms with van der Waals surface area (Å²) in [5.74, 6) is 0. The zero-order valence-corrected chi connectivity index (χ0v) is 8.56. The number of hydrogen-bond acceptors (Lipinski definition) is 3. The molecule has 1 aromatic rings. The van der Waals surface area contributed by atoms with Crippen LogP contribution in [0.3, 0.4) is 0 Å². The molecule has 4 heteroatoms. The summed E-state index contributed by atoms with van der Waals surface area (Å²) in [5.41, 5.74) is 2.36. The van der Waals surface area contributed by atoms with E-state index in [4.69, 9.17) is 0 Å². The van der Waals surface area contributed by atoms with Gasteiger partial charge in [-0.1, -0.05) is 18.2 Å². The van der Waals surface area contributed by atoms with E-state index >= 15 is 0 Å². The van der Waals surface area contributed by atoms with Crippen LogP contribution in [0.15, 0.2) is 30.0 Å². The lowest BCUT2D eigenvalue weighted by atomic mass is 9.94. The third-order valence-electron chi connectivity index (χ3n) is 3.00. The highest BCUT2D eigenvalue weighted by atomic mass is 16.6. The van der Waals surface area contributed by atoms with E-state index in [2.05, 4.69) is 5.32 Å². The van der Waals surface area contributed by atoms with Gasteiger partial charge in [0.1, 0.15) is 0 Å². The molecular formula is C12H10N2O2. The summed E-state index contributed by atoms with van der Waals surface area (Å²) in [6.07, 6.45) is 4.09. The Bertz CT molecular complexity index is 629. The van der Waals surface area contributed by atoms with Crippen molar-refractivity contribution in [3.8, 4) is 0 Å². The third kappa shape index (κ3) is 1.23. The zero-order valence-electron chi connectivity index (χ0n) is 8.56. The monoisotopic (exact) mass is 214 g/mol. The van der Waals surface area contributed by atoms with Crippen molar-refractivity contribution in [1.82, 2.24) is 5.32 Å². The fraction of sp³-hybridized carbons (Fsp3) is 0.167. The van der Waals surface area contributed by atoms with Crippen molar-refractivity contribution in [1.29, 1.82) is 0 Å². The Morgan fingerprint density at radius 3 is 3.06 bits per heavy atom. The lowest BCUT2D eigenvalue weighted by molar-refractivity contribution is -0.427. The van der Waals surface area contributed by atoms with Gasteiger partial charge in [-0.25, -0.2) is 0 Å². The highest BCUT2D eigenvalue weighted by Gasteiger charge is 2.20. The number of rotatable bonds is 1. The van der Waals surface area contributed by atoms with Crippen LogP contribution < -0.4 is 15.8 Å². The Hall–Kier alpha value is -2.10. The van der Waals surface area contributed by atoms with E-state index in [1.807, 2.05) is 24.4 Å². The molecule has 0 fully saturated rings. The molecule has 1 heterocycles. The minimum Gasteiger partial charge on any atom is -0.386 e. The molecule has 1 aliphatic heterocycles. The highest BCUT2D eigenvalue weighted by Crippen LogP contribution is 2.14. The van der Waals surface area contributed by atoms with Gasteiger partial charge >= 0.3 is 0 Å². The molecule has 0 saturated carbocycles. The molecule has 1 N–H and O–H groups in total. The van der Waals surface area contributed by atoms with Crippen LogP contribution in [0.2, 0.25) is 0 Å². The van der Waals surface area contributed by atoms with E-state index in [-0.39, 0.29) is 10.6 Å². The Morgan fingerprint density at radius 2 is 2.25 bits per heavy atom. The summed E-state index contributed by atoms with van der Waals surface area (Å²) < 4.78 is 0. The predicted molar refractivity (Wildman–Crippen MR) is 60.3 cm³/mol. The Morgan fingerprint density at radius 1 is 1.38 bits per heavy atom. The lowest BCUT2D eigenvalue weighted by Crippen LogP contribution is -2.40. The van der Waals surface area contributed by atoms with Gasteiger partial charge in [-0.15, -0.1) is 0 Å². The lowest BCUT2D eigenvalue weighted by Gasteiger charge is -2.16. The molecular weight excluding hydrogens is 204 g/mol. The molecule has 1 aromatic carbocycles. The number of nitro groups is 1. The number of nitrogens with one attached hydrogen (secondary N) is 1. The maximum atomic E-state index is 10.8. The van der Waals surface area contributed by atoms with Gasteiger partial charge in [0.2, 0.25) is 0 Å². The van der Waals surface area contributed by atoms with Crippen LogP contribution >= 0.6 is 0 Å². The van der Waals surface area contributed by atoms with Gasteiger partial charge in [0.25, 0.3) is 5.70 Å². The predicted octanol–water partition coefficient (Wildman–Crippen LogP) is -0.105. The maximum Gasteiger partial charge on any atom is 0.250 e. The average Bonchev–Trinajstić information content (AvgIpc) is 2.29. The fourth-order valence-corrected chi connectivity index (χ4v) is 2.33. The standard InChI is InChI=1S/C12H10N2O2/c15-14(16)11-4-8-2-1-3-9-6-13-7-10(5-11)12(8)9/h1-3,5-6,13H,4,7H2. The largest absolute Gasteiger partial charge is 0.386 e. The zero-order chi connectivity index (χ0) is 11.1. The molecule has 0 saturated heterocycles. The first kappa shape index (κ1) is 9.15. The van der Waals surface area contributed by atoms with Gasteiger partial charge in [-0.2, -0.15) is 0 Å². The maximum absolute atomic E-state index is 10.8. The second-order valence-electron chi connectivity index (χ2n) is 4.00. The first-order valence-electron chi connectivity index (χ1n) is 5.15. The number of nitrogens with zero attached hydrogens (tertiary/aromatic N) is 1. The van der Waals surface area contributed by atoms with E-state index < -0.39 is 0 Å². The van der Waals surface area contributed by atoms with Crippen molar-refractivity contribution in [3.05, 3.63) is 56.1 Å². The van der Waals surface area contributed by atoms with Crippen LogP contribution in [-0.2, 0) is 6.42 Å². The Kier molecular flexibility index (Phi) is 1.83. The van der Waals surface area contributed by atoms with Crippen molar-refractivity contribution in [2.75, 3.05) is 6.54 Å². The van der Waals surface area contributed by atoms with Crippen LogP contribution in [0, 0.1) is 10.1 Å². The molecule has 0 bridgehead atoms. The average molecular weight is 214 g/mol. The number of allylic oxidation sites excluding steroid dienone is 1. The van der Waals surface area contributed by atoms with E-state index in [1.165, 1.54) is 5.22 Å². The molecule has 0 aromatic heterocycles. The minimum atomic E-state index is -0.291. The molecule has 80 valence electrons. The van der Waals surface area contributed by atoms with Crippen LogP contribution in [0.1, 0.15) is 5.56 Å². The van der Waals surface area contributed by atoms with Crippen LogP contribution in [0.25, 0.3) is 11.8 Å². The molecule has 0 unspecified atom stereocenters. The van der Waals surface area contributed by atoms with Crippen LogP contribution in [-0.4, -0.2) is 11.5 Å². The Labute approximate surface area is 91.7 Å². The van der Waals surface area contributed by atoms with Gasteiger partial charge in [-0.05, 0) is 21.6 Å². The van der Waals surface area contributed by atoms with Gasteiger partial charge in [0, 0.05) is 18.8 Å². The van der Waals surface area contributed by atoms with Gasteiger partial charge < -0.3 is 5.32 Å². The van der Waals surface area contributed by atoms with E-state index in [9.17, 15) is 10.1 Å². The second-order valence-corrected chi connectivity index (χ2v) is 4.00. The van der Waals surface area contributed by atoms with Crippen LogP contribution in [0.5, 0.6) is 0 Å². The molecule has 0 spiro atoms. The first-order chi connectivity index (χ1) is 7.75. The summed E-state index contributed by atoms with van der Waals surface area (Å²) in [7, 11) is 0. The molecule has 16 heavy (non-hydrogen) atoms. The molecule has 0 amide bonds. The molecule has 0 atom stereocenters. The van der Waals surface area contributed by atoms with Crippen molar-refractivity contribution >= 4 is 11.8 Å². The van der Waals surface area contributed by atoms with Crippen molar-refractivity contribution in [2.24, 2.45) is 0 Å². The number of hydrogen-bond donors (Lipinski definition) is 1. The van der Waals surface area contributed by atoms with E-state index in [0.29, 0.717) is 13.0 Å². The second kappa shape index (κ2) is 3.20. The molecule has 0 radical (unpaired) electrons. The summed E-state index contributed by atoms with van der Waals surface area (Å²) in [6.45, 7) is 0.668. The van der Waals surface area contributed by atoms with E-state index in [0.717, 1.165) is 16.4 Å². The quantitative estimate of drug-likeness (QED) is 0.524. The number of benzene rings is 1. The highest BCUT2D eigenvalue weighted by molar-refractivity contribution is 5.65. The third-order valence-corrected chi connectivity index (χ3v) is 3.00. The summed E-state index contributed by atoms with van der Waals surface area (Å²) in [6, 6.07) is 5.93. The minimum absolute atomic E-state index is 0.281. The van der Waals surface area contributed by atoms with E-state index in [1.54, 1.807) is 6.08 Å². The normalized spacial score (nSPS) is 16.8. The van der Waals surface area contributed by atoms with Crippen LogP contribution in [0.4, 0.5) is 0 Å². The molecule has 2 aliphatic rings. The topological polar surface area (TPSA) is 55.2 Å². The summed E-state index contributed by atoms with van der Waals surface area (Å²) in [4.78, 5) is 10.5. The van der Waals surface area contributed by atoms with Gasteiger partial charge in [0.05, 0.1) is 11.3 Å².